The van der Waals surface area contributed by atoms with Crippen LogP contribution in [0.5, 0.6) is 0 Å². The second-order valence-electron chi connectivity index (χ2n) is 2.95. The Hall–Kier alpha value is -0.000519. The van der Waals surface area contributed by atoms with E-state index < -0.39 is 0 Å². The summed E-state index contributed by atoms with van der Waals surface area (Å²) in [5.74, 6) is 0. The maximum absolute atomic E-state index is 3.18. The van der Waals surface area contributed by atoms with Crippen LogP contribution < -0.4 is 0 Å². The van der Waals surface area contributed by atoms with Crippen molar-refractivity contribution in [2.45, 2.75) is 39.0 Å². The fourth-order valence-electron chi connectivity index (χ4n) is 1.34. The summed E-state index contributed by atoms with van der Waals surface area (Å²) in [6.07, 6.45) is 11.0. The van der Waals surface area contributed by atoms with Gasteiger partial charge in [0.15, 0.2) is 0 Å². The molecule has 0 saturated heterocycles. The van der Waals surface area contributed by atoms with Gasteiger partial charge in [-0.1, -0.05) is 0 Å². The second kappa shape index (κ2) is 4.79. The van der Waals surface area contributed by atoms with Crippen molar-refractivity contribution in [2.24, 2.45) is 0 Å². The summed E-state index contributed by atoms with van der Waals surface area (Å²) in [5, 5.41) is 0. The molecule has 0 fully saturated rings. The zero-order valence-corrected chi connectivity index (χ0v) is 8.81. The normalized spacial score (nSPS) is 29.2. The van der Waals surface area contributed by atoms with E-state index in [-0.39, 0.29) is 0 Å². The van der Waals surface area contributed by atoms with Gasteiger partial charge < -0.3 is 0 Å². The van der Waals surface area contributed by atoms with Crippen LogP contribution in [0, 0.1) is 0 Å². The molecule has 11 heavy (non-hydrogen) atoms. The van der Waals surface area contributed by atoms with Crippen LogP contribution in [0.25, 0.3) is 0 Å². The standard InChI is InChI=1S/C10H15Se/c1-2-9-7-5-3-4-6-8-10(9)11/h5,7H,2-4,6,8H2,1H3/b7-5-,10-9+. The van der Waals surface area contributed by atoms with E-state index in [9.17, 15) is 0 Å². The molecule has 1 heteroatoms. The third-order valence-electron chi connectivity index (χ3n) is 2.08. The molecular formula is C10H15Se. The number of hydrogen-bond donors (Lipinski definition) is 0. The molecule has 0 atom stereocenters. The van der Waals surface area contributed by atoms with Gasteiger partial charge in [-0.05, 0) is 0 Å². The van der Waals surface area contributed by atoms with Crippen LogP contribution in [0.15, 0.2) is 22.2 Å². The van der Waals surface area contributed by atoms with Gasteiger partial charge in [0.05, 0.1) is 0 Å². The first kappa shape index (κ1) is 9.09. The SMILES string of the molecule is CCC1=C(\[Se])CCCC/C=C\1. The van der Waals surface area contributed by atoms with Crippen LogP contribution in [0.3, 0.4) is 0 Å². The van der Waals surface area contributed by atoms with Crippen molar-refractivity contribution in [2.75, 3.05) is 0 Å². The molecule has 0 aliphatic heterocycles. The molecule has 1 radical (unpaired) electrons. The van der Waals surface area contributed by atoms with E-state index in [0.29, 0.717) is 0 Å². The molecule has 1 aliphatic carbocycles. The van der Waals surface area contributed by atoms with Crippen molar-refractivity contribution in [1.82, 2.24) is 0 Å². The number of rotatable bonds is 1. The Morgan fingerprint density at radius 2 is 2.27 bits per heavy atom. The molecule has 1 rings (SSSR count). The summed E-state index contributed by atoms with van der Waals surface area (Å²) >= 11 is 3.18. The molecule has 0 aromatic heterocycles. The Kier molecular flexibility index (Phi) is 3.96. The average molecular weight is 214 g/mol. The van der Waals surface area contributed by atoms with Crippen LogP contribution in [0.2, 0.25) is 0 Å². The van der Waals surface area contributed by atoms with Gasteiger partial charge in [0.2, 0.25) is 0 Å². The van der Waals surface area contributed by atoms with Crippen molar-refractivity contribution in [3.63, 3.8) is 0 Å². The van der Waals surface area contributed by atoms with Gasteiger partial charge in [-0.2, -0.15) is 0 Å². The van der Waals surface area contributed by atoms with E-state index in [1.807, 2.05) is 0 Å². The van der Waals surface area contributed by atoms with Crippen LogP contribution >= 0.6 is 0 Å². The van der Waals surface area contributed by atoms with Gasteiger partial charge in [0.1, 0.15) is 0 Å². The van der Waals surface area contributed by atoms with Gasteiger partial charge in [0.25, 0.3) is 0 Å². The van der Waals surface area contributed by atoms with Crippen molar-refractivity contribution in [1.29, 1.82) is 0 Å². The third kappa shape index (κ3) is 2.84. The van der Waals surface area contributed by atoms with Crippen LogP contribution in [0.1, 0.15) is 39.0 Å². The Morgan fingerprint density at radius 1 is 1.45 bits per heavy atom. The molecule has 1 aliphatic rings. The van der Waals surface area contributed by atoms with E-state index in [2.05, 4.69) is 35.1 Å². The van der Waals surface area contributed by atoms with Gasteiger partial charge in [-0.3, -0.25) is 0 Å². The first-order chi connectivity index (χ1) is 5.34. The summed E-state index contributed by atoms with van der Waals surface area (Å²) in [4.78, 5) is 0. The fourth-order valence-corrected chi connectivity index (χ4v) is 2.09. The topological polar surface area (TPSA) is 0 Å². The number of hydrogen-bond acceptors (Lipinski definition) is 0. The van der Waals surface area contributed by atoms with Crippen molar-refractivity contribution >= 4 is 16.0 Å². The Bertz CT molecular complexity index is 177. The van der Waals surface area contributed by atoms with Crippen molar-refractivity contribution in [3.8, 4) is 0 Å². The predicted molar refractivity (Wildman–Crippen MR) is 50.7 cm³/mol. The van der Waals surface area contributed by atoms with Crippen molar-refractivity contribution in [3.05, 3.63) is 22.2 Å². The molecular weight excluding hydrogens is 199 g/mol. The molecule has 0 spiro atoms. The minimum atomic E-state index is 1.17. The van der Waals surface area contributed by atoms with Crippen LogP contribution in [-0.2, 0) is 0 Å². The Balaban J connectivity index is 2.70. The van der Waals surface area contributed by atoms with E-state index in [1.54, 1.807) is 0 Å². The molecule has 0 heterocycles. The van der Waals surface area contributed by atoms with Gasteiger partial charge >= 0.3 is 77.2 Å². The predicted octanol–water partition coefficient (Wildman–Crippen LogP) is 2.95. The Morgan fingerprint density at radius 3 is 3.00 bits per heavy atom. The van der Waals surface area contributed by atoms with Crippen LogP contribution in [0.4, 0.5) is 0 Å². The van der Waals surface area contributed by atoms with Gasteiger partial charge in [-0.25, -0.2) is 0 Å². The molecule has 0 aromatic rings. The van der Waals surface area contributed by atoms with Gasteiger partial charge in [0, 0.05) is 0 Å². The average Bonchev–Trinajstić information content (AvgIpc) is 1.98. The van der Waals surface area contributed by atoms with E-state index >= 15 is 0 Å². The molecule has 0 saturated carbocycles. The quantitative estimate of drug-likeness (QED) is 0.589. The molecule has 0 nitrogen and oxygen atoms in total. The first-order valence-corrected chi connectivity index (χ1v) is 5.26. The summed E-state index contributed by atoms with van der Waals surface area (Å²) < 4.78 is 1.48. The molecule has 61 valence electrons. The summed E-state index contributed by atoms with van der Waals surface area (Å²) in [7, 11) is 0. The van der Waals surface area contributed by atoms with Crippen molar-refractivity contribution < 1.29 is 0 Å². The summed E-state index contributed by atoms with van der Waals surface area (Å²) in [6.45, 7) is 2.22. The maximum atomic E-state index is 3.18. The Labute approximate surface area is 77.6 Å². The van der Waals surface area contributed by atoms with E-state index in [0.717, 1.165) is 0 Å². The van der Waals surface area contributed by atoms with E-state index in [4.69, 9.17) is 0 Å². The fraction of sp³-hybridized carbons (Fsp3) is 0.600. The summed E-state index contributed by atoms with van der Waals surface area (Å²) in [5.41, 5.74) is 1.50. The molecule has 0 aromatic carbocycles. The monoisotopic (exact) mass is 215 g/mol. The molecule has 0 amide bonds. The van der Waals surface area contributed by atoms with Gasteiger partial charge in [-0.15, -0.1) is 0 Å². The summed E-state index contributed by atoms with van der Waals surface area (Å²) in [6, 6.07) is 0. The minimum absolute atomic E-state index is 1.17. The molecule has 0 N–H and O–H groups in total. The second-order valence-corrected chi connectivity index (χ2v) is 3.98. The zero-order valence-electron chi connectivity index (χ0n) is 7.10. The van der Waals surface area contributed by atoms with E-state index in [1.165, 1.54) is 42.1 Å². The van der Waals surface area contributed by atoms with Crippen LogP contribution in [-0.4, -0.2) is 16.0 Å². The molecule has 0 unspecified atom stereocenters. The zero-order chi connectivity index (χ0) is 8.10. The molecule has 0 bridgehead atoms. The third-order valence-corrected chi connectivity index (χ3v) is 3.06. The number of allylic oxidation sites excluding steroid dienone is 4. The first-order valence-electron chi connectivity index (χ1n) is 4.40.